The van der Waals surface area contributed by atoms with Gasteiger partial charge in [-0.05, 0) is 12.8 Å². The first kappa shape index (κ1) is 22.4. The Morgan fingerprint density at radius 1 is 0.812 bits per heavy atom. The van der Waals surface area contributed by atoms with Crippen LogP contribution in [0.5, 0.6) is 0 Å². The average molecular weight is 481 g/mol. The summed E-state index contributed by atoms with van der Waals surface area (Å²) in [6.45, 7) is 0. The maximum atomic E-state index is 13.4. The van der Waals surface area contributed by atoms with Crippen molar-refractivity contribution < 1.29 is 35.5 Å². The number of carbonyl (C=O) groups is 2. The molecule has 12 heteroatoms. The molecule has 0 radical (unpaired) electrons. The van der Waals surface area contributed by atoms with E-state index in [2.05, 4.69) is 5.32 Å². The Morgan fingerprint density at radius 2 is 1.31 bits per heavy atom. The fourth-order valence-electron chi connectivity index (χ4n) is 4.42. The first-order chi connectivity index (χ1) is 14.9. The van der Waals surface area contributed by atoms with Gasteiger partial charge in [-0.15, -0.1) is 0 Å². The summed E-state index contributed by atoms with van der Waals surface area (Å²) in [5.74, 6) is -1.56. The molecule has 4 rings (SSSR count). The zero-order valence-electron chi connectivity index (χ0n) is 16.7. The molecule has 170 valence electrons. The van der Waals surface area contributed by atoms with Crippen molar-refractivity contribution in [1.29, 1.82) is 0 Å². The molecule has 5 N–H and O–H groups in total. The van der Waals surface area contributed by atoms with Gasteiger partial charge >= 0.3 is 0 Å². The second-order valence-electron chi connectivity index (χ2n) is 7.83. The fourth-order valence-corrected chi connectivity index (χ4v) is 6.54. The largest absolute Gasteiger partial charge is 0.397 e. The van der Waals surface area contributed by atoms with Gasteiger partial charge in [0.05, 0.1) is 22.5 Å². The number of carbonyl (C=O) groups excluding carboxylic acids is 2. The third-order valence-electron chi connectivity index (χ3n) is 5.79. The van der Waals surface area contributed by atoms with Crippen LogP contribution in [0.25, 0.3) is 0 Å². The molecule has 2 aliphatic carbocycles. The minimum atomic E-state index is -5.33. The van der Waals surface area contributed by atoms with Crippen LogP contribution in [0.15, 0.2) is 34.1 Å². The minimum absolute atomic E-state index is 0.0167. The number of nitrogens with one attached hydrogen (secondary N) is 1. The molecule has 0 spiro atoms. The van der Waals surface area contributed by atoms with E-state index in [0.29, 0.717) is 12.8 Å². The monoisotopic (exact) mass is 480 g/mol. The van der Waals surface area contributed by atoms with Crippen molar-refractivity contribution in [3.8, 4) is 0 Å². The van der Waals surface area contributed by atoms with Crippen LogP contribution in [0.2, 0.25) is 0 Å². The highest BCUT2D eigenvalue weighted by Gasteiger charge is 2.42. The summed E-state index contributed by atoms with van der Waals surface area (Å²) in [4.78, 5) is 24.0. The van der Waals surface area contributed by atoms with E-state index in [4.69, 9.17) is 5.73 Å². The standard InChI is InChI=1S/C20H20N2O8S2/c21-15-13-14(18(24)12-9-5-4-8-11(12)17(13)23)16(22-10-6-2-1-3-7-10)20(32(28,29)30)19(15)31(25,26)27/h4-5,8-10,22H,1-3,6-7,21H2,(H,25,26,27)(H,28,29,30). The van der Waals surface area contributed by atoms with Crippen molar-refractivity contribution in [1.82, 2.24) is 0 Å². The minimum Gasteiger partial charge on any atom is -0.397 e. The summed E-state index contributed by atoms with van der Waals surface area (Å²) >= 11 is 0. The number of rotatable bonds is 4. The molecule has 0 atom stereocenters. The lowest BCUT2D eigenvalue weighted by molar-refractivity contribution is 0.0979. The molecule has 0 unspecified atom stereocenters. The third kappa shape index (κ3) is 3.58. The maximum Gasteiger partial charge on any atom is 0.298 e. The summed E-state index contributed by atoms with van der Waals surface area (Å²) in [5, 5.41) is 2.86. The van der Waals surface area contributed by atoms with Gasteiger partial charge in [0.25, 0.3) is 20.2 Å². The van der Waals surface area contributed by atoms with E-state index < -0.39 is 64.1 Å². The molecule has 1 fully saturated rings. The van der Waals surface area contributed by atoms with Crippen LogP contribution in [0, 0.1) is 0 Å². The number of nitrogen functional groups attached to an aromatic ring is 1. The quantitative estimate of drug-likeness (QED) is 0.319. The Balaban J connectivity index is 2.15. The van der Waals surface area contributed by atoms with Crippen LogP contribution in [-0.2, 0) is 20.2 Å². The van der Waals surface area contributed by atoms with Gasteiger partial charge in [0.2, 0.25) is 0 Å². The Hall–Kier alpha value is -2.80. The average Bonchev–Trinajstić information content (AvgIpc) is 2.71. The van der Waals surface area contributed by atoms with Crippen molar-refractivity contribution in [3.63, 3.8) is 0 Å². The molecule has 1 saturated carbocycles. The third-order valence-corrected chi connectivity index (χ3v) is 7.78. The Bertz CT molecular complexity index is 1370. The fraction of sp³-hybridized carbons (Fsp3) is 0.300. The lowest BCUT2D eigenvalue weighted by Gasteiger charge is -2.29. The van der Waals surface area contributed by atoms with E-state index in [-0.39, 0.29) is 17.2 Å². The molecule has 0 amide bonds. The predicted octanol–water partition coefficient (Wildman–Crippen LogP) is 2.28. The Labute approximate surface area is 184 Å². The van der Waals surface area contributed by atoms with Gasteiger partial charge in [-0.25, -0.2) is 0 Å². The number of anilines is 2. The molecule has 0 heterocycles. The molecule has 0 aromatic heterocycles. The van der Waals surface area contributed by atoms with E-state index in [1.54, 1.807) is 0 Å². The van der Waals surface area contributed by atoms with Crippen molar-refractivity contribution in [3.05, 3.63) is 46.5 Å². The van der Waals surface area contributed by atoms with Gasteiger partial charge < -0.3 is 11.1 Å². The van der Waals surface area contributed by atoms with Crippen LogP contribution in [0.1, 0.15) is 63.9 Å². The van der Waals surface area contributed by atoms with Crippen molar-refractivity contribution >= 4 is 43.2 Å². The zero-order chi connectivity index (χ0) is 23.4. The van der Waals surface area contributed by atoms with Crippen LogP contribution in [0.3, 0.4) is 0 Å². The normalized spacial score (nSPS) is 17.1. The molecule has 2 aromatic rings. The van der Waals surface area contributed by atoms with Gasteiger partial charge in [-0.3, -0.25) is 18.7 Å². The van der Waals surface area contributed by atoms with Crippen molar-refractivity contribution in [2.75, 3.05) is 11.1 Å². The Morgan fingerprint density at radius 3 is 1.81 bits per heavy atom. The van der Waals surface area contributed by atoms with Gasteiger partial charge in [0.15, 0.2) is 11.6 Å². The lowest BCUT2D eigenvalue weighted by Crippen LogP contribution is -2.31. The summed E-state index contributed by atoms with van der Waals surface area (Å²) in [6.07, 6.45) is 3.73. The first-order valence-electron chi connectivity index (χ1n) is 9.82. The molecule has 0 aliphatic heterocycles. The van der Waals surface area contributed by atoms with Crippen LogP contribution < -0.4 is 11.1 Å². The van der Waals surface area contributed by atoms with Crippen LogP contribution in [-0.4, -0.2) is 43.5 Å². The maximum absolute atomic E-state index is 13.4. The van der Waals surface area contributed by atoms with Gasteiger partial charge in [0.1, 0.15) is 9.79 Å². The van der Waals surface area contributed by atoms with Crippen molar-refractivity contribution in [2.24, 2.45) is 0 Å². The van der Waals surface area contributed by atoms with E-state index in [1.165, 1.54) is 24.3 Å². The smallest absolute Gasteiger partial charge is 0.298 e. The number of nitrogens with two attached hydrogens (primary N) is 1. The molecule has 0 saturated heterocycles. The molecular weight excluding hydrogens is 460 g/mol. The van der Waals surface area contributed by atoms with E-state index in [9.17, 15) is 35.5 Å². The van der Waals surface area contributed by atoms with E-state index >= 15 is 0 Å². The topological polar surface area (TPSA) is 181 Å². The van der Waals surface area contributed by atoms with Gasteiger partial charge in [-0.2, -0.15) is 16.8 Å². The zero-order valence-corrected chi connectivity index (χ0v) is 18.3. The molecule has 2 aliphatic rings. The number of ketones is 2. The van der Waals surface area contributed by atoms with Crippen LogP contribution >= 0.6 is 0 Å². The highest BCUT2D eigenvalue weighted by atomic mass is 32.2. The van der Waals surface area contributed by atoms with Gasteiger partial charge in [0, 0.05) is 17.2 Å². The SMILES string of the molecule is Nc1c2c(c(NC3CCCCC3)c(S(=O)(=O)O)c1S(=O)(=O)O)C(=O)c1ccccc1C2=O. The van der Waals surface area contributed by atoms with E-state index in [0.717, 1.165) is 19.3 Å². The number of benzene rings is 2. The molecule has 10 nitrogen and oxygen atoms in total. The number of fused-ring (bicyclic) bond motifs is 2. The summed E-state index contributed by atoms with van der Waals surface area (Å²) in [6, 6.07) is 5.40. The van der Waals surface area contributed by atoms with Crippen molar-refractivity contribution in [2.45, 2.75) is 47.9 Å². The molecule has 2 aromatic carbocycles. The Kier molecular flexibility index (Phi) is 5.36. The molecule has 32 heavy (non-hydrogen) atoms. The van der Waals surface area contributed by atoms with E-state index in [1.807, 2.05) is 0 Å². The second-order valence-corrected chi connectivity index (χ2v) is 10.5. The predicted molar refractivity (Wildman–Crippen MR) is 114 cm³/mol. The molecular formula is C20H20N2O8S2. The summed E-state index contributed by atoms with van der Waals surface area (Å²) in [5.41, 5.74) is 3.37. The lowest BCUT2D eigenvalue weighted by atomic mass is 9.82. The highest BCUT2D eigenvalue weighted by Crippen LogP contribution is 2.45. The first-order valence-corrected chi connectivity index (χ1v) is 12.7. The summed E-state index contributed by atoms with van der Waals surface area (Å²) < 4.78 is 68.7. The van der Waals surface area contributed by atoms with Gasteiger partial charge in [-0.1, -0.05) is 43.5 Å². The van der Waals surface area contributed by atoms with Crippen LogP contribution in [0.4, 0.5) is 11.4 Å². The number of hydrogen-bond donors (Lipinski definition) is 4. The molecule has 0 bridgehead atoms. The second kappa shape index (κ2) is 7.66. The number of hydrogen-bond acceptors (Lipinski definition) is 8. The summed E-state index contributed by atoms with van der Waals surface area (Å²) in [7, 11) is -10.6. The highest BCUT2D eigenvalue weighted by molar-refractivity contribution is 7.89.